The number of hydrogen-bond acceptors (Lipinski definition) is 11. The summed E-state index contributed by atoms with van der Waals surface area (Å²) in [6.07, 6.45) is 5.85. The molecule has 68 heavy (non-hydrogen) atoms. The van der Waals surface area contributed by atoms with E-state index in [1.165, 1.54) is 4.90 Å². The van der Waals surface area contributed by atoms with E-state index >= 15 is 0 Å². The lowest BCUT2D eigenvalue weighted by Crippen LogP contribution is -2.74. The molecule has 0 spiro atoms. The summed E-state index contributed by atoms with van der Waals surface area (Å²) in [6, 6.07) is 20.3. The first kappa shape index (κ1) is 51.8. The molecule has 15 heteroatoms. The zero-order valence-electron chi connectivity index (χ0n) is 40.3. The number of halogens is 1. The van der Waals surface area contributed by atoms with Gasteiger partial charge in [-0.05, 0) is 77.8 Å². The smallest absolute Gasteiger partial charge is 0.251 e. The van der Waals surface area contributed by atoms with Gasteiger partial charge in [0.1, 0.15) is 36.3 Å². The number of aliphatic imine (C=N–C) groups is 1. The topological polar surface area (TPSA) is 189 Å². The number of benzene rings is 3. The van der Waals surface area contributed by atoms with Crippen LogP contribution in [0, 0.1) is 27.6 Å². The highest BCUT2D eigenvalue weighted by atomic mass is 35.5. The summed E-state index contributed by atoms with van der Waals surface area (Å²) in [5.74, 6) is 0.0457. The maximum absolute atomic E-state index is 14.0. The van der Waals surface area contributed by atoms with Gasteiger partial charge < -0.3 is 39.6 Å². The van der Waals surface area contributed by atoms with Crippen LogP contribution in [0.3, 0.4) is 0 Å². The molecule has 14 nitrogen and oxygen atoms in total. The molecule has 1 saturated heterocycles. The molecule has 2 aliphatic heterocycles. The number of hydrogen-bond donors (Lipinski definition) is 3. The third-order valence-corrected chi connectivity index (χ3v) is 13.4. The fraction of sp³-hybridized carbons (Fsp3) is 0.509. The zero-order valence-corrected chi connectivity index (χ0v) is 41.1. The van der Waals surface area contributed by atoms with E-state index in [1.54, 1.807) is 42.5 Å². The van der Waals surface area contributed by atoms with Gasteiger partial charge in [-0.15, -0.1) is 0 Å². The average molecular weight is 953 g/mol. The fourth-order valence-corrected chi connectivity index (χ4v) is 9.84. The number of nitriles is 1. The number of β-amino-alcohol motifs (C(OH)–C–C–N with tert-alkyl or cyclic N) is 1. The molecule has 2 fully saturated rings. The molecule has 2 heterocycles. The quantitative estimate of drug-likeness (QED) is 0.0850. The van der Waals surface area contributed by atoms with E-state index in [9.17, 15) is 29.5 Å². The van der Waals surface area contributed by atoms with Crippen LogP contribution in [0.2, 0.25) is 5.02 Å². The molecule has 3 aromatic rings. The molecule has 3 aromatic carbocycles. The predicted octanol–water partition coefficient (Wildman–Crippen LogP) is 7.53. The lowest BCUT2D eigenvalue weighted by Gasteiger charge is -2.63. The van der Waals surface area contributed by atoms with E-state index in [1.807, 2.05) is 57.5 Å². The second-order valence-corrected chi connectivity index (χ2v) is 20.6. The van der Waals surface area contributed by atoms with Gasteiger partial charge in [0, 0.05) is 73.3 Å². The van der Waals surface area contributed by atoms with Gasteiger partial charge in [0.15, 0.2) is 5.78 Å². The van der Waals surface area contributed by atoms with E-state index in [2.05, 4.69) is 49.4 Å². The first-order chi connectivity index (χ1) is 32.3. The number of ether oxygens (including phenoxy) is 4. The summed E-state index contributed by atoms with van der Waals surface area (Å²) < 4.78 is 23.5. The first-order valence-corrected chi connectivity index (χ1v) is 23.8. The van der Waals surface area contributed by atoms with Crippen molar-refractivity contribution in [2.75, 3.05) is 39.6 Å². The second-order valence-electron chi connectivity index (χ2n) is 20.2. The number of carbonyl (C=O) groups is 4. The Kier molecular flexibility index (Phi) is 17.3. The number of ketones is 1. The lowest BCUT2D eigenvalue weighted by atomic mass is 9.49. The molecular formula is C53H66ClN5O9. The largest absolute Gasteiger partial charge is 0.494 e. The Morgan fingerprint density at radius 1 is 0.926 bits per heavy atom. The van der Waals surface area contributed by atoms with E-state index in [4.69, 9.17) is 30.5 Å². The summed E-state index contributed by atoms with van der Waals surface area (Å²) in [5.41, 5.74) is 2.71. The SMILES string of the molecule is CC1(C)C(NC(=O)c2ccc(OCCCCOCCOCC(=O)N[C@H](C(=O)N3C[C@H](O)C[C@H]3C(=O)CCc3ccc(C4=CN=CC4)cc3)C(C)(C)C)cc2)C(C)(C)C1Oc1ccc(C#N)c(Cl)c1. The molecule has 364 valence electrons. The van der Waals surface area contributed by atoms with Crippen LogP contribution in [-0.2, 0) is 30.3 Å². The van der Waals surface area contributed by atoms with Crippen LogP contribution in [-0.4, -0.2) is 110 Å². The Morgan fingerprint density at radius 2 is 1.60 bits per heavy atom. The van der Waals surface area contributed by atoms with Crippen LogP contribution in [0.1, 0.15) is 108 Å². The van der Waals surface area contributed by atoms with Gasteiger partial charge in [-0.1, -0.05) is 84.3 Å². The minimum atomic E-state index is -0.937. The first-order valence-electron chi connectivity index (χ1n) is 23.5. The number of Topliss-reactive ketones (excluding diaryl/α,β-unsaturated/α-hetero) is 1. The van der Waals surface area contributed by atoms with Gasteiger partial charge in [0.2, 0.25) is 11.8 Å². The van der Waals surface area contributed by atoms with Crippen LogP contribution in [0.15, 0.2) is 77.9 Å². The van der Waals surface area contributed by atoms with Crippen molar-refractivity contribution in [1.82, 2.24) is 15.5 Å². The molecule has 0 unspecified atom stereocenters. The minimum absolute atomic E-state index is 0.0229. The molecule has 3 amide bonds. The van der Waals surface area contributed by atoms with E-state index in [0.29, 0.717) is 47.3 Å². The second kappa shape index (κ2) is 22.7. The number of rotatable bonds is 22. The molecule has 3 aliphatic rings. The number of nitrogens with zero attached hydrogens (tertiary/aromatic N) is 3. The molecule has 1 aliphatic carbocycles. The normalized spacial score (nSPS) is 20.7. The number of aliphatic hydroxyl groups is 1. The molecule has 0 radical (unpaired) electrons. The Labute approximate surface area is 405 Å². The number of nitrogens with one attached hydrogen (secondary N) is 2. The van der Waals surface area contributed by atoms with Gasteiger partial charge in [0.05, 0.1) is 42.6 Å². The minimum Gasteiger partial charge on any atom is -0.494 e. The fourth-order valence-electron chi connectivity index (χ4n) is 9.63. The van der Waals surface area contributed by atoms with E-state index < -0.39 is 35.4 Å². The van der Waals surface area contributed by atoms with Gasteiger partial charge in [-0.2, -0.15) is 5.26 Å². The van der Waals surface area contributed by atoms with Crippen molar-refractivity contribution in [3.05, 3.63) is 100 Å². The molecular weight excluding hydrogens is 886 g/mol. The monoisotopic (exact) mass is 951 g/mol. The average Bonchev–Trinajstić information content (AvgIpc) is 3.99. The Bertz CT molecular complexity index is 2350. The third-order valence-electron chi connectivity index (χ3n) is 13.1. The number of likely N-dealkylation sites (tertiary alicyclic amines) is 1. The van der Waals surface area contributed by atoms with Crippen molar-refractivity contribution in [2.45, 2.75) is 117 Å². The van der Waals surface area contributed by atoms with Gasteiger partial charge in [-0.25, -0.2) is 0 Å². The van der Waals surface area contributed by atoms with E-state index in [0.717, 1.165) is 36.0 Å². The maximum Gasteiger partial charge on any atom is 0.251 e. The Balaban J connectivity index is 0.841. The molecule has 0 bridgehead atoms. The molecule has 1 saturated carbocycles. The highest BCUT2D eigenvalue weighted by Gasteiger charge is 2.64. The number of unbranched alkanes of at least 4 members (excludes halogenated alkanes) is 1. The van der Waals surface area contributed by atoms with Crippen LogP contribution >= 0.6 is 11.6 Å². The summed E-state index contributed by atoms with van der Waals surface area (Å²) in [4.78, 5) is 59.4. The van der Waals surface area contributed by atoms with Crippen molar-refractivity contribution < 1.29 is 43.2 Å². The summed E-state index contributed by atoms with van der Waals surface area (Å²) >= 11 is 6.23. The number of allylic oxidation sites excluding steroid dienone is 1. The summed E-state index contributed by atoms with van der Waals surface area (Å²) in [7, 11) is 0. The van der Waals surface area contributed by atoms with Crippen molar-refractivity contribution >= 4 is 46.9 Å². The molecule has 6 rings (SSSR count). The Morgan fingerprint density at radius 3 is 2.25 bits per heavy atom. The molecule has 0 aromatic heterocycles. The summed E-state index contributed by atoms with van der Waals surface area (Å²) in [5, 5.41) is 26.1. The zero-order chi connectivity index (χ0) is 49.2. The van der Waals surface area contributed by atoms with Crippen LogP contribution < -0.4 is 20.1 Å². The van der Waals surface area contributed by atoms with Crippen molar-refractivity contribution in [2.24, 2.45) is 21.2 Å². The third kappa shape index (κ3) is 12.9. The summed E-state index contributed by atoms with van der Waals surface area (Å²) in [6.45, 7) is 14.9. The highest BCUT2D eigenvalue weighted by molar-refractivity contribution is 6.31. The number of aryl methyl sites for hydroxylation is 1. The van der Waals surface area contributed by atoms with Gasteiger partial charge >= 0.3 is 0 Å². The van der Waals surface area contributed by atoms with Gasteiger partial charge in [0.25, 0.3) is 5.91 Å². The number of amides is 3. The van der Waals surface area contributed by atoms with Gasteiger partial charge in [-0.3, -0.25) is 24.2 Å². The van der Waals surface area contributed by atoms with Crippen molar-refractivity contribution in [3.8, 4) is 17.6 Å². The van der Waals surface area contributed by atoms with Crippen LogP contribution in [0.25, 0.3) is 5.57 Å². The van der Waals surface area contributed by atoms with Crippen LogP contribution in [0.5, 0.6) is 11.5 Å². The number of aliphatic hydroxyl groups excluding tert-OH is 1. The van der Waals surface area contributed by atoms with Crippen molar-refractivity contribution in [1.29, 1.82) is 5.26 Å². The maximum atomic E-state index is 14.0. The predicted molar refractivity (Wildman–Crippen MR) is 261 cm³/mol. The van der Waals surface area contributed by atoms with E-state index in [-0.39, 0.29) is 73.9 Å². The van der Waals surface area contributed by atoms with Crippen LogP contribution in [0.4, 0.5) is 0 Å². The Hall–Kier alpha value is -5.59. The lowest BCUT2D eigenvalue weighted by molar-refractivity contribution is -0.164. The highest BCUT2D eigenvalue weighted by Crippen LogP contribution is 2.55. The molecule has 3 atom stereocenters. The van der Waals surface area contributed by atoms with Crippen molar-refractivity contribution in [3.63, 3.8) is 0 Å². The standard InChI is InChI=1S/C53H66ClN5O9/c1-51(2,3)46(48(64)59-32-39(60)28-43(59)44(61)21-12-34-10-13-35(14-11-34)38-22-23-56-31-38)57-45(62)33-66-27-26-65-24-8-9-25-67-40-18-15-36(16-19-40)47(63)58-49-52(4,5)50(53(49,6)7)68-41-20-17-37(30-55)42(54)29-41/h10-11,13-20,23,29,31,39,43,46,49-50,60H,8-9,12,21-22,24-28,32-33H2,1-7H3,(H,57,62)(H,58,63)/t39-,43+,46-,49?,50?/m1/s1. The number of carbonyl (C=O) groups excluding carboxylic acids is 4. The molecule has 3 N–H and O–H groups in total.